The second-order valence-corrected chi connectivity index (χ2v) is 7.60. The molecule has 2 N–H and O–H groups in total. The van der Waals surface area contributed by atoms with Gasteiger partial charge in [0.05, 0.1) is 5.69 Å². The Labute approximate surface area is 126 Å². The minimum absolute atomic E-state index is 0.0549. The number of hydrogen-bond donors (Lipinski definition) is 2. The maximum atomic E-state index is 12.6. The number of fused-ring (bicyclic) bond motifs is 1. The molecule has 2 atom stereocenters. The van der Waals surface area contributed by atoms with Gasteiger partial charge in [-0.15, -0.1) is 0 Å². The highest BCUT2D eigenvalue weighted by Gasteiger charge is 2.33. The Morgan fingerprint density at radius 2 is 2.00 bits per heavy atom. The molecule has 3 rings (SSSR count). The molecule has 2 saturated heterocycles. The molecule has 0 aliphatic carbocycles. The maximum Gasteiger partial charge on any atom is 0.242 e. The van der Waals surface area contributed by atoms with Crippen molar-refractivity contribution in [3.8, 4) is 0 Å². The molecule has 1 aromatic carbocycles. The molecule has 0 saturated carbocycles. The van der Waals surface area contributed by atoms with E-state index < -0.39 is 10.0 Å². The molecular weight excluding hydrogens is 286 g/mol. The Balaban J connectivity index is 1.74. The molecule has 21 heavy (non-hydrogen) atoms. The lowest BCUT2D eigenvalue weighted by molar-refractivity contribution is 0.176. The highest BCUT2D eigenvalue weighted by atomic mass is 32.2. The van der Waals surface area contributed by atoms with E-state index in [-0.39, 0.29) is 6.04 Å². The second kappa shape index (κ2) is 5.94. The zero-order valence-corrected chi connectivity index (χ0v) is 13.2. The number of anilines is 1. The Kier molecular flexibility index (Phi) is 4.19. The predicted octanol–water partition coefficient (Wildman–Crippen LogP) is 1.63. The summed E-state index contributed by atoms with van der Waals surface area (Å²) in [5.74, 6) is 0. The summed E-state index contributed by atoms with van der Waals surface area (Å²) in [5, 5.41) is 2.95. The summed E-state index contributed by atoms with van der Waals surface area (Å²) >= 11 is 0. The molecular formula is C15H23N3O2S. The molecule has 0 aromatic heterocycles. The van der Waals surface area contributed by atoms with Crippen molar-refractivity contribution in [2.75, 3.05) is 25.5 Å². The molecule has 2 heterocycles. The summed E-state index contributed by atoms with van der Waals surface area (Å²) in [5.41, 5.74) is 0.642. The lowest BCUT2D eigenvalue weighted by Gasteiger charge is -2.35. The van der Waals surface area contributed by atoms with Gasteiger partial charge in [-0.05, 0) is 50.9 Å². The van der Waals surface area contributed by atoms with Crippen molar-refractivity contribution in [1.29, 1.82) is 0 Å². The van der Waals surface area contributed by atoms with Gasteiger partial charge >= 0.3 is 0 Å². The molecule has 0 spiro atoms. The van der Waals surface area contributed by atoms with Crippen molar-refractivity contribution in [1.82, 2.24) is 9.62 Å². The summed E-state index contributed by atoms with van der Waals surface area (Å²) in [4.78, 5) is 2.83. The number of piperidine rings is 1. The largest absolute Gasteiger partial charge is 0.387 e. The summed E-state index contributed by atoms with van der Waals surface area (Å²) in [7, 11) is -1.72. The molecule has 2 fully saturated rings. The van der Waals surface area contributed by atoms with Gasteiger partial charge in [-0.1, -0.05) is 12.1 Å². The maximum absolute atomic E-state index is 12.6. The Hall–Kier alpha value is -1.11. The van der Waals surface area contributed by atoms with Crippen molar-refractivity contribution in [3.63, 3.8) is 0 Å². The van der Waals surface area contributed by atoms with Crippen molar-refractivity contribution in [2.24, 2.45) is 0 Å². The minimum Gasteiger partial charge on any atom is -0.387 e. The number of rotatable bonds is 4. The zero-order chi connectivity index (χ0) is 14.9. The third kappa shape index (κ3) is 3.07. The van der Waals surface area contributed by atoms with Crippen molar-refractivity contribution in [3.05, 3.63) is 24.3 Å². The summed E-state index contributed by atoms with van der Waals surface area (Å²) in [6.45, 7) is 2.18. The van der Waals surface area contributed by atoms with Crippen LogP contribution < -0.4 is 10.0 Å². The summed E-state index contributed by atoms with van der Waals surface area (Å²) in [6.07, 6.45) is 4.27. The monoisotopic (exact) mass is 309 g/mol. The third-order valence-corrected chi connectivity index (χ3v) is 6.17. The molecule has 1 aromatic rings. The van der Waals surface area contributed by atoms with Crippen LogP contribution in [0.1, 0.15) is 25.7 Å². The standard InChI is InChI=1S/C15H23N3O2S/c1-16-14-6-2-3-7-15(14)21(19,20)17-12-8-10-18-9-4-5-13(18)11-12/h2-3,6-7,12-13,16-17H,4-5,8-11H2,1H3. The molecule has 5 nitrogen and oxygen atoms in total. The SMILES string of the molecule is CNc1ccccc1S(=O)(=O)NC1CCN2CCCC2C1. The Morgan fingerprint density at radius 3 is 2.81 bits per heavy atom. The van der Waals surface area contributed by atoms with Crippen LogP contribution in [0.25, 0.3) is 0 Å². The minimum atomic E-state index is -3.46. The van der Waals surface area contributed by atoms with E-state index in [1.165, 1.54) is 19.4 Å². The number of nitrogens with one attached hydrogen (secondary N) is 2. The van der Waals surface area contributed by atoms with Gasteiger partial charge in [-0.3, -0.25) is 0 Å². The smallest absolute Gasteiger partial charge is 0.242 e. The fourth-order valence-corrected chi connectivity index (χ4v) is 5.02. The van der Waals surface area contributed by atoms with E-state index in [9.17, 15) is 8.42 Å². The fraction of sp³-hybridized carbons (Fsp3) is 0.600. The van der Waals surface area contributed by atoms with Crippen molar-refractivity contribution in [2.45, 2.75) is 42.7 Å². The van der Waals surface area contributed by atoms with Gasteiger partial charge in [-0.25, -0.2) is 13.1 Å². The first-order valence-corrected chi connectivity index (χ1v) is 9.11. The second-order valence-electron chi connectivity index (χ2n) is 5.92. The molecule has 2 aliphatic rings. The highest BCUT2D eigenvalue weighted by Crippen LogP contribution is 2.28. The van der Waals surface area contributed by atoms with Gasteiger partial charge in [0.1, 0.15) is 4.90 Å². The van der Waals surface area contributed by atoms with E-state index >= 15 is 0 Å². The predicted molar refractivity (Wildman–Crippen MR) is 83.9 cm³/mol. The lowest BCUT2D eigenvalue weighted by atomic mass is 9.99. The van der Waals surface area contributed by atoms with Crippen LogP contribution in [0.2, 0.25) is 0 Å². The van der Waals surface area contributed by atoms with Gasteiger partial charge in [0, 0.05) is 19.1 Å². The molecule has 0 radical (unpaired) electrons. The van der Waals surface area contributed by atoms with Crippen LogP contribution in [-0.4, -0.2) is 45.5 Å². The first-order chi connectivity index (χ1) is 10.1. The molecule has 0 amide bonds. The first kappa shape index (κ1) is 14.8. The molecule has 2 aliphatic heterocycles. The lowest BCUT2D eigenvalue weighted by Crippen LogP contribution is -2.47. The number of hydrogen-bond acceptors (Lipinski definition) is 4. The quantitative estimate of drug-likeness (QED) is 0.887. The normalized spacial score (nSPS) is 26.5. The topological polar surface area (TPSA) is 61.4 Å². The molecule has 2 unspecified atom stereocenters. The Bertz CT molecular complexity index is 603. The van der Waals surface area contributed by atoms with Crippen LogP contribution in [0.15, 0.2) is 29.2 Å². The fourth-order valence-electron chi connectivity index (χ4n) is 3.52. The molecule has 0 bridgehead atoms. The van der Waals surface area contributed by atoms with Crippen LogP contribution in [0.3, 0.4) is 0 Å². The first-order valence-electron chi connectivity index (χ1n) is 7.63. The van der Waals surface area contributed by atoms with Gasteiger partial charge in [0.15, 0.2) is 0 Å². The van der Waals surface area contributed by atoms with Crippen LogP contribution in [0.4, 0.5) is 5.69 Å². The zero-order valence-electron chi connectivity index (χ0n) is 12.4. The van der Waals surface area contributed by atoms with Crippen LogP contribution in [0, 0.1) is 0 Å². The van der Waals surface area contributed by atoms with Gasteiger partial charge in [0.25, 0.3) is 0 Å². The van der Waals surface area contributed by atoms with E-state index in [0.717, 1.165) is 19.4 Å². The Morgan fingerprint density at radius 1 is 1.19 bits per heavy atom. The van der Waals surface area contributed by atoms with Gasteiger partial charge in [0.2, 0.25) is 10.0 Å². The number of benzene rings is 1. The summed E-state index contributed by atoms with van der Waals surface area (Å²) < 4.78 is 28.1. The van der Waals surface area contributed by atoms with Crippen LogP contribution in [0.5, 0.6) is 0 Å². The van der Waals surface area contributed by atoms with Gasteiger partial charge < -0.3 is 10.2 Å². The van der Waals surface area contributed by atoms with Crippen LogP contribution in [-0.2, 0) is 10.0 Å². The van der Waals surface area contributed by atoms with E-state index in [4.69, 9.17) is 0 Å². The van der Waals surface area contributed by atoms with E-state index in [0.29, 0.717) is 16.6 Å². The third-order valence-electron chi connectivity index (χ3n) is 4.59. The van der Waals surface area contributed by atoms with Crippen LogP contribution >= 0.6 is 0 Å². The average Bonchev–Trinajstić information content (AvgIpc) is 2.94. The molecule has 116 valence electrons. The van der Waals surface area contributed by atoms with Gasteiger partial charge in [-0.2, -0.15) is 0 Å². The molecule has 6 heteroatoms. The highest BCUT2D eigenvalue weighted by molar-refractivity contribution is 7.89. The van der Waals surface area contributed by atoms with E-state index in [1.54, 1.807) is 25.2 Å². The van der Waals surface area contributed by atoms with Crippen molar-refractivity contribution < 1.29 is 8.42 Å². The van der Waals surface area contributed by atoms with Crippen molar-refractivity contribution >= 4 is 15.7 Å². The average molecular weight is 309 g/mol. The number of sulfonamides is 1. The number of para-hydroxylation sites is 1. The van der Waals surface area contributed by atoms with E-state index in [2.05, 4.69) is 14.9 Å². The summed E-state index contributed by atoms with van der Waals surface area (Å²) in [6, 6.07) is 7.65. The van der Waals surface area contributed by atoms with E-state index in [1.807, 2.05) is 6.07 Å². The number of nitrogens with zero attached hydrogens (tertiary/aromatic N) is 1.